The Morgan fingerprint density at radius 1 is 1.24 bits per heavy atom. The van der Waals surface area contributed by atoms with Crippen LogP contribution in [0.3, 0.4) is 0 Å². The molecule has 0 fully saturated rings. The van der Waals surface area contributed by atoms with Crippen LogP contribution in [0.2, 0.25) is 0 Å². The van der Waals surface area contributed by atoms with Gasteiger partial charge in [-0.15, -0.1) is 0 Å². The normalized spacial score (nSPS) is 10.2. The van der Waals surface area contributed by atoms with Crippen molar-refractivity contribution in [3.8, 4) is 5.75 Å². The molecular formula is C16H18N2O3. The van der Waals surface area contributed by atoms with Gasteiger partial charge in [0.15, 0.2) is 0 Å². The van der Waals surface area contributed by atoms with Gasteiger partial charge in [0.25, 0.3) is 0 Å². The molecule has 0 atom stereocenters. The van der Waals surface area contributed by atoms with Crippen LogP contribution in [0.15, 0.2) is 42.5 Å². The quantitative estimate of drug-likeness (QED) is 0.666. The van der Waals surface area contributed by atoms with E-state index in [1.54, 1.807) is 30.3 Å². The Labute approximate surface area is 123 Å². The monoisotopic (exact) mass is 286 g/mol. The van der Waals surface area contributed by atoms with Gasteiger partial charge in [0.05, 0.1) is 12.7 Å². The van der Waals surface area contributed by atoms with Crippen LogP contribution in [0.1, 0.15) is 15.9 Å². The van der Waals surface area contributed by atoms with Crippen molar-refractivity contribution in [1.29, 1.82) is 0 Å². The van der Waals surface area contributed by atoms with Gasteiger partial charge in [-0.1, -0.05) is 12.1 Å². The Morgan fingerprint density at radius 3 is 2.52 bits per heavy atom. The van der Waals surface area contributed by atoms with Crippen LogP contribution in [-0.4, -0.2) is 25.2 Å². The number of carbonyl (C=O) groups is 1. The topological polar surface area (TPSA) is 75.8 Å². The van der Waals surface area contributed by atoms with E-state index in [1.165, 1.54) is 7.11 Å². The molecule has 0 aliphatic carbocycles. The Morgan fingerprint density at radius 2 is 1.90 bits per heavy atom. The zero-order valence-corrected chi connectivity index (χ0v) is 12.0. The maximum absolute atomic E-state index is 11.9. The van der Waals surface area contributed by atoms with Crippen molar-refractivity contribution in [2.24, 2.45) is 0 Å². The number of phenols is 1. The SMILES string of the molecule is COC(=O)c1c(N)cccc1CN(C)c1ccc(O)cc1. The molecule has 0 aromatic heterocycles. The van der Waals surface area contributed by atoms with Crippen LogP contribution in [0.25, 0.3) is 0 Å². The Hall–Kier alpha value is -2.69. The number of nitrogens with two attached hydrogens (primary N) is 1. The fraction of sp³-hybridized carbons (Fsp3) is 0.188. The zero-order valence-electron chi connectivity index (χ0n) is 12.0. The molecule has 5 nitrogen and oxygen atoms in total. The predicted octanol–water partition coefficient (Wildman–Crippen LogP) is 2.40. The van der Waals surface area contributed by atoms with E-state index in [2.05, 4.69) is 0 Å². The molecule has 3 N–H and O–H groups in total. The van der Waals surface area contributed by atoms with E-state index in [0.29, 0.717) is 17.8 Å². The molecule has 0 radical (unpaired) electrons. The Bertz CT molecular complexity index is 638. The lowest BCUT2D eigenvalue weighted by molar-refractivity contribution is 0.0600. The zero-order chi connectivity index (χ0) is 15.4. The summed E-state index contributed by atoms with van der Waals surface area (Å²) in [5.41, 5.74) is 8.39. The molecule has 5 heteroatoms. The van der Waals surface area contributed by atoms with Gasteiger partial charge >= 0.3 is 5.97 Å². The van der Waals surface area contributed by atoms with Crippen molar-refractivity contribution in [1.82, 2.24) is 0 Å². The van der Waals surface area contributed by atoms with Crippen LogP contribution in [0, 0.1) is 0 Å². The number of carbonyl (C=O) groups excluding carboxylic acids is 1. The summed E-state index contributed by atoms with van der Waals surface area (Å²) in [7, 11) is 3.23. The number of methoxy groups -OCH3 is 1. The number of hydrogen-bond acceptors (Lipinski definition) is 5. The summed E-state index contributed by atoms with van der Waals surface area (Å²) in [5, 5.41) is 9.32. The van der Waals surface area contributed by atoms with Gasteiger partial charge in [-0.25, -0.2) is 4.79 Å². The van der Waals surface area contributed by atoms with Crippen molar-refractivity contribution < 1.29 is 14.6 Å². The maximum atomic E-state index is 11.9. The average Bonchev–Trinajstić information content (AvgIpc) is 2.47. The first-order chi connectivity index (χ1) is 10.0. The van der Waals surface area contributed by atoms with E-state index in [0.717, 1.165) is 11.3 Å². The number of rotatable bonds is 4. The minimum Gasteiger partial charge on any atom is -0.508 e. The van der Waals surface area contributed by atoms with Crippen molar-refractivity contribution in [2.45, 2.75) is 6.54 Å². The molecule has 2 aromatic rings. The first-order valence-corrected chi connectivity index (χ1v) is 6.48. The van der Waals surface area contributed by atoms with Gasteiger partial charge in [0.2, 0.25) is 0 Å². The predicted molar refractivity (Wildman–Crippen MR) is 82.4 cm³/mol. The van der Waals surface area contributed by atoms with Gasteiger partial charge in [0, 0.05) is 25.0 Å². The van der Waals surface area contributed by atoms with E-state index >= 15 is 0 Å². The lowest BCUT2D eigenvalue weighted by Gasteiger charge is -2.21. The number of hydrogen-bond donors (Lipinski definition) is 2. The largest absolute Gasteiger partial charge is 0.508 e. The molecule has 0 bridgehead atoms. The summed E-state index contributed by atoms with van der Waals surface area (Å²) in [6.45, 7) is 0.500. The van der Waals surface area contributed by atoms with Crippen LogP contribution < -0.4 is 10.6 Å². The van der Waals surface area contributed by atoms with E-state index in [9.17, 15) is 9.90 Å². The van der Waals surface area contributed by atoms with E-state index in [-0.39, 0.29) is 5.75 Å². The minimum absolute atomic E-state index is 0.214. The lowest BCUT2D eigenvalue weighted by Crippen LogP contribution is -2.19. The number of nitrogen functional groups attached to an aromatic ring is 1. The summed E-state index contributed by atoms with van der Waals surface area (Å²) < 4.78 is 4.79. The lowest BCUT2D eigenvalue weighted by atomic mass is 10.0. The number of nitrogens with zero attached hydrogens (tertiary/aromatic N) is 1. The van der Waals surface area contributed by atoms with Crippen LogP contribution in [0.4, 0.5) is 11.4 Å². The molecule has 0 spiro atoms. The summed E-state index contributed by atoms with van der Waals surface area (Å²) in [5.74, 6) is -0.228. The Kier molecular flexibility index (Phi) is 4.33. The van der Waals surface area contributed by atoms with Crippen LogP contribution in [0.5, 0.6) is 5.75 Å². The van der Waals surface area contributed by atoms with Gasteiger partial charge in [0.1, 0.15) is 5.75 Å². The standard InChI is InChI=1S/C16H18N2O3/c1-18(12-6-8-13(19)9-7-12)10-11-4-3-5-14(17)15(11)16(20)21-2/h3-9,19H,10,17H2,1-2H3. The number of esters is 1. The molecule has 110 valence electrons. The molecule has 0 saturated heterocycles. The number of benzene rings is 2. The van der Waals surface area contributed by atoms with Gasteiger partial charge in [-0.05, 0) is 35.9 Å². The molecule has 0 aliphatic rings. The summed E-state index contributed by atoms with van der Waals surface area (Å²) in [4.78, 5) is 13.8. The third-order valence-electron chi connectivity index (χ3n) is 3.27. The summed E-state index contributed by atoms with van der Waals surface area (Å²) >= 11 is 0. The molecule has 0 amide bonds. The number of anilines is 2. The number of phenolic OH excluding ortho intramolecular Hbond substituents is 1. The van der Waals surface area contributed by atoms with Crippen molar-refractivity contribution in [3.05, 3.63) is 53.6 Å². The fourth-order valence-corrected chi connectivity index (χ4v) is 2.16. The highest BCUT2D eigenvalue weighted by Crippen LogP contribution is 2.23. The van der Waals surface area contributed by atoms with Crippen LogP contribution >= 0.6 is 0 Å². The highest BCUT2D eigenvalue weighted by atomic mass is 16.5. The van der Waals surface area contributed by atoms with E-state index in [1.807, 2.05) is 24.1 Å². The van der Waals surface area contributed by atoms with Gasteiger partial charge in [-0.3, -0.25) is 0 Å². The first kappa shape index (κ1) is 14.7. The summed E-state index contributed by atoms with van der Waals surface area (Å²) in [6.07, 6.45) is 0. The summed E-state index contributed by atoms with van der Waals surface area (Å²) in [6, 6.07) is 12.2. The maximum Gasteiger partial charge on any atom is 0.340 e. The Balaban J connectivity index is 2.29. The first-order valence-electron chi connectivity index (χ1n) is 6.48. The molecule has 2 aromatic carbocycles. The minimum atomic E-state index is -0.442. The molecular weight excluding hydrogens is 268 g/mol. The van der Waals surface area contributed by atoms with Gasteiger partial charge in [-0.2, -0.15) is 0 Å². The number of aromatic hydroxyl groups is 1. The van der Waals surface area contributed by atoms with Crippen molar-refractivity contribution in [2.75, 3.05) is 24.8 Å². The van der Waals surface area contributed by atoms with Gasteiger partial charge < -0.3 is 20.5 Å². The third kappa shape index (κ3) is 3.25. The van der Waals surface area contributed by atoms with E-state index < -0.39 is 5.97 Å². The fourth-order valence-electron chi connectivity index (χ4n) is 2.16. The molecule has 0 unspecified atom stereocenters. The smallest absolute Gasteiger partial charge is 0.340 e. The molecule has 2 rings (SSSR count). The third-order valence-corrected chi connectivity index (χ3v) is 3.27. The highest BCUT2D eigenvalue weighted by Gasteiger charge is 2.16. The highest BCUT2D eigenvalue weighted by molar-refractivity contribution is 5.96. The molecule has 0 heterocycles. The van der Waals surface area contributed by atoms with Crippen LogP contribution in [-0.2, 0) is 11.3 Å². The number of ether oxygens (including phenoxy) is 1. The second-order valence-electron chi connectivity index (χ2n) is 4.75. The second-order valence-corrected chi connectivity index (χ2v) is 4.75. The molecule has 0 aliphatic heterocycles. The van der Waals surface area contributed by atoms with Crippen molar-refractivity contribution >= 4 is 17.3 Å². The van der Waals surface area contributed by atoms with Crippen molar-refractivity contribution in [3.63, 3.8) is 0 Å². The van der Waals surface area contributed by atoms with E-state index in [4.69, 9.17) is 10.5 Å². The molecule has 0 saturated carbocycles. The average molecular weight is 286 g/mol. The second kappa shape index (κ2) is 6.17. The molecule has 21 heavy (non-hydrogen) atoms.